The molecule has 6 heteroatoms. The highest BCUT2D eigenvalue weighted by Crippen LogP contribution is 2.30. The van der Waals surface area contributed by atoms with Crippen molar-refractivity contribution < 1.29 is 23.0 Å². The van der Waals surface area contributed by atoms with E-state index >= 15 is 0 Å². The van der Waals surface area contributed by atoms with Gasteiger partial charge in [0.15, 0.2) is 11.5 Å². The van der Waals surface area contributed by atoms with Gasteiger partial charge in [0.1, 0.15) is 0 Å². The van der Waals surface area contributed by atoms with Gasteiger partial charge in [0.2, 0.25) is 0 Å². The quantitative estimate of drug-likeness (QED) is 0.764. The molecule has 0 atom stereocenters. The summed E-state index contributed by atoms with van der Waals surface area (Å²) in [5.74, 6) is -0.366. The number of carbonyl (C=O) groups excluding carboxylic acids is 1. The third kappa shape index (κ3) is 5.18. The molecule has 0 spiro atoms. The van der Waals surface area contributed by atoms with Gasteiger partial charge in [0.25, 0.3) is 5.91 Å². The van der Waals surface area contributed by atoms with E-state index in [1.165, 1.54) is 18.2 Å². The van der Waals surface area contributed by atoms with Gasteiger partial charge in [-0.2, -0.15) is 8.78 Å². The number of alkyl halides is 2. The van der Waals surface area contributed by atoms with E-state index in [0.29, 0.717) is 5.69 Å². The predicted octanol–water partition coefficient (Wildman–Crippen LogP) is 5.24. The van der Waals surface area contributed by atoms with Gasteiger partial charge in [-0.1, -0.05) is 32.9 Å². The monoisotopic (exact) mass is 363 g/mol. The molecule has 2 aromatic carbocycles. The van der Waals surface area contributed by atoms with Gasteiger partial charge in [-0.3, -0.25) is 4.79 Å². The van der Waals surface area contributed by atoms with Crippen LogP contribution in [0, 0.1) is 0 Å². The normalized spacial score (nSPS) is 11.3. The van der Waals surface area contributed by atoms with Crippen molar-refractivity contribution in [3.05, 3.63) is 53.6 Å². The summed E-state index contributed by atoms with van der Waals surface area (Å²) in [5, 5.41) is 2.78. The summed E-state index contributed by atoms with van der Waals surface area (Å²) < 4.78 is 34.6. The summed E-state index contributed by atoms with van der Waals surface area (Å²) in [5.41, 5.74) is 2.11. The number of nitrogens with one attached hydrogen (secondary N) is 1. The predicted molar refractivity (Wildman–Crippen MR) is 97.3 cm³/mol. The van der Waals surface area contributed by atoms with Crippen LogP contribution in [0.2, 0.25) is 0 Å². The molecule has 26 heavy (non-hydrogen) atoms. The van der Waals surface area contributed by atoms with Crippen molar-refractivity contribution in [3.8, 4) is 11.5 Å². The Hall–Kier alpha value is -2.63. The van der Waals surface area contributed by atoms with E-state index in [9.17, 15) is 13.6 Å². The minimum absolute atomic E-state index is 0.0233. The Bertz CT molecular complexity index is 753. The Morgan fingerprint density at radius 1 is 1.08 bits per heavy atom. The van der Waals surface area contributed by atoms with Crippen LogP contribution in [0.15, 0.2) is 42.5 Å². The molecular formula is C20H23F2NO3. The molecule has 0 saturated heterocycles. The van der Waals surface area contributed by atoms with Crippen molar-refractivity contribution in [2.24, 2.45) is 0 Å². The van der Waals surface area contributed by atoms with Crippen molar-refractivity contribution in [2.75, 3.05) is 11.9 Å². The molecule has 0 unspecified atom stereocenters. The van der Waals surface area contributed by atoms with Gasteiger partial charge in [0, 0.05) is 11.3 Å². The summed E-state index contributed by atoms with van der Waals surface area (Å²) >= 11 is 0. The fourth-order valence-corrected chi connectivity index (χ4v) is 2.37. The van der Waals surface area contributed by atoms with Gasteiger partial charge in [-0.15, -0.1) is 0 Å². The van der Waals surface area contributed by atoms with Crippen LogP contribution in [0.3, 0.4) is 0 Å². The van der Waals surface area contributed by atoms with Gasteiger partial charge in [-0.05, 0) is 48.2 Å². The molecule has 2 aromatic rings. The summed E-state index contributed by atoms with van der Waals surface area (Å²) in [7, 11) is 0. The highest BCUT2D eigenvalue weighted by Gasteiger charge is 2.16. The van der Waals surface area contributed by atoms with E-state index < -0.39 is 6.61 Å². The SMILES string of the molecule is CCOc1cc(C(=O)Nc2ccc(C(C)(C)C)cc2)ccc1OC(F)F. The number of anilines is 1. The van der Waals surface area contributed by atoms with Crippen LogP contribution < -0.4 is 14.8 Å². The number of amides is 1. The molecule has 2 rings (SSSR count). The highest BCUT2D eigenvalue weighted by molar-refractivity contribution is 6.04. The third-order valence-corrected chi connectivity index (χ3v) is 3.73. The molecule has 0 fully saturated rings. The molecule has 1 N–H and O–H groups in total. The van der Waals surface area contributed by atoms with Crippen LogP contribution >= 0.6 is 0 Å². The molecule has 0 aliphatic carbocycles. The molecule has 0 aliphatic heterocycles. The van der Waals surface area contributed by atoms with Crippen LogP contribution in [0.25, 0.3) is 0 Å². The van der Waals surface area contributed by atoms with Crippen LogP contribution in [0.1, 0.15) is 43.6 Å². The second-order valence-corrected chi connectivity index (χ2v) is 6.75. The number of hydrogen-bond acceptors (Lipinski definition) is 3. The lowest BCUT2D eigenvalue weighted by Gasteiger charge is -2.19. The minimum atomic E-state index is -2.96. The third-order valence-electron chi connectivity index (χ3n) is 3.73. The molecular weight excluding hydrogens is 340 g/mol. The zero-order valence-electron chi connectivity index (χ0n) is 15.3. The lowest BCUT2D eigenvalue weighted by molar-refractivity contribution is -0.0514. The maximum absolute atomic E-state index is 12.4. The molecule has 0 aromatic heterocycles. The number of ether oxygens (including phenoxy) is 2. The van der Waals surface area contributed by atoms with E-state index in [-0.39, 0.29) is 35.0 Å². The second kappa shape index (κ2) is 8.17. The van der Waals surface area contributed by atoms with Crippen LogP contribution in [0.5, 0.6) is 11.5 Å². The average molecular weight is 363 g/mol. The van der Waals surface area contributed by atoms with Gasteiger partial charge in [0.05, 0.1) is 6.61 Å². The van der Waals surface area contributed by atoms with Crippen molar-refractivity contribution in [1.29, 1.82) is 0 Å². The molecule has 0 radical (unpaired) electrons. The zero-order valence-corrected chi connectivity index (χ0v) is 15.3. The maximum atomic E-state index is 12.4. The zero-order chi connectivity index (χ0) is 19.3. The molecule has 140 valence electrons. The van der Waals surface area contributed by atoms with Gasteiger partial charge in [-0.25, -0.2) is 0 Å². The number of rotatable bonds is 6. The fourth-order valence-electron chi connectivity index (χ4n) is 2.37. The molecule has 1 amide bonds. The molecule has 0 heterocycles. The lowest BCUT2D eigenvalue weighted by Crippen LogP contribution is -2.14. The van der Waals surface area contributed by atoms with Crippen molar-refractivity contribution in [1.82, 2.24) is 0 Å². The van der Waals surface area contributed by atoms with Crippen molar-refractivity contribution in [3.63, 3.8) is 0 Å². The Kier molecular flexibility index (Phi) is 6.18. The van der Waals surface area contributed by atoms with Gasteiger partial charge < -0.3 is 14.8 Å². The molecule has 0 saturated carbocycles. The van der Waals surface area contributed by atoms with Crippen LogP contribution in [-0.2, 0) is 5.41 Å². The van der Waals surface area contributed by atoms with E-state index in [1.807, 2.05) is 24.3 Å². The fraction of sp³-hybridized carbons (Fsp3) is 0.350. The highest BCUT2D eigenvalue weighted by atomic mass is 19.3. The lowest BCUT2D eigenvalue weighted by atomic mass is 9.87. The number of hydrogen-bond donors (Lipinski definition) is 1. The smallest absolute Gasteiger partial charge is 0.387 e. The van der Waals surface area contributed by atoms with Crippen molar-refractivity contribution >= 4 is 11.6 Å². The summed E-state index contributed by atoms with van der Waals surface area (Å²) in [6.07, 6.45) is 0. The first-order valence-corrected chi connectivity index (χ1v) is 8.34. The summed E-state index contributed by atoms with van der Waals surface area (Å²) in [6, 6.07) is 11.7. The number of carbonyl (C=O) groups is 1. The van der Waals surface area contributed by atoms with Crippen LogP contribution in [-0.4, -0.2) is 19.1 Å². The Morgan fingerprint density at radius 3 is 2.27 bits per heavy atom. The second-order valence-electron chi connectivity index (χ2n) is 6.75. The Balaban J connectivity index is 2.17. The van der Waals surface area contributed by atoms with E-state index in [4.69, 9.17) is 4.74 Å². The maximum Gasteiger partial charge on any atom is 0.387 e. The van der Waals surface area contributed by atoms with E-state index in [0.717, 1.165) is 5.56 Å². The Morgan fingerprint density at radius 2 is 1.73 bits per heavy atom. The first-order valence-electron chi connectivity index (χ1n) is 8.34. The molecule has 0 bridgehead atoms. The largest absolute Gasteiger partial charge is 0.490 e. The molecule has 4 nitrogen and oxygen atoms in total. The molecule has 0 aliphatic rings. The standard InChI is InChI=1S/C20H23F2NO3/c1-5-25-17-12-13(6-11-16(17)26-19(21)22)18(24)23-15-9-7-14(8-10-15)20(2,3)4/h6-12,19H,5H2,1-4H3,(H,23,24). The number of benzene rings is 2. The minimum Gasteiger partial charge on any atom is -0.490 e. The van der Waals surface area contributed by atoms with E-state index in [2.05, 4.69) is 30.8 Å². The first kappa shape index (κ1) is 19.7. The average Bonchev–Trinajstić information content (AvgIpc) is 2.56. The van der Waals surface area contributed by atoms with Crippen molar-refractivity contribution in [2.45, 2.75) is 39.7 Å². The first-order chi connectivity index (χ1) is 12.2. The van der Waals surface area contributed by atoms with Gasteiger partial charge >= 0.3 is 6.61 Å². The summed E-state index contributed by atoms with van der Waals surface area (Å²) in [6.45, 7) is 5.35. The topological polar surface area (TPSA) is 47.6 Å². The Labute approximate surface area is 152 Å². The number of halogens is 2. The summed E-state index contributed by atoms with van der Waals surface area (Å²) in [4.78, 5) is 12.4. The van der Waals surface area contributed by atoms with E-state index in [1.54, 1.807) is 6.92 Å². The van der Waals surface area contributed by atoms with Crippen LogP contribution in [0.4, 0.5) is 14.5 Å².